The number of hydrogen-bond donors (Lipinski definition) is 2. The molecule has 2 aromatic rings. The van der Waals surface area contributed by atoms with Gasteiger partial charge in [0.15, 0.2) is 0 Å². The number of piperidine rings is 1. The maximum atomic E-state index is 12.7. The Labute approximate surface area is 183 Å². The molecule has 0 radical (unpaired) electrons. The van der Waals surface area contributed by atoms with Crippen molar-refractivity contribution in [1.29, 1.82) is 0 Å². The molecule has 2 N–H and O–H groups in total. The predicted molar refractivity (Wildman–Crippen MR) is 117 cm³/mol. The first-order valence-electron chi connectivity index (χ1n) is 10.1. The van der Waals surface area contributed by atoms with Crippen LogP contribution in [0.2, 0.25) is 0 Å². The summed E-state index contributed by atoms with van der Waals surface area (Å²) in [6.45, 7) is 2.65. The molecule has 1 aliphatic rings. The quantitative estimate of drug-likeness (QED) is 0.574. The van der Waals surface area contributed by atoms with Crippen LogP contribution in [-0.2, 0) is 24.8 Å². The third kappa shape index (κ3) is 5.91. The van der Waals surface area contributed by atoms with E-state index in [4.69, 9.17) is 0 Å². The van der Waals surface area contributed by atoms with Gasteiger partial charge in [0.05, 0.1) is 9.79 Å². The average Bonchev–Trinajstić information content (AvgIpc) is 2.77. The minimum atomic E-state index is -3.62. The van der Waals surface area contributed by atoms with E-state index in [0.29, 0.717) is 12.8 Å². The number of carbonyl (C=O) groups excluding carboxylic acids is 1. The van der Waals surface area contributed by atoms with Gasteiger partial charge in [-0.1, -0.05) is 35.9 Å². The van der Waals surface area contributed by atoms with E-state index in [9.17, 15) is 21.6 Å². The molecular weight excluding hydrogens is 438 g/mol. The first-order chi connectivity index (χ1) is 14.7. The Morgan fingerprint density at radius 2 is 1.52 bits per heavy atom. The molecule has 1 saturated heterocycles. The van der Waals surface area contributed by atoms with Crippen molar-refractivity contribution in [3.05, 3.63) is 60.2 Å². The Hall–Kier alpha value is -2.27. The number of rotatable bonds is 8. The molecule has 0 bridgehead atoms. The third-order valence-electron chi connectivity index (χ3n) is 5.25. The van der Waals surface area contributed by atoms with Crippen molar-refractivity contribution in [3.8, 4) is 0 Å². The SMILES string of the molecule is Cc1ccc(S(=O)(=O)NCCNC(=O)C2CCN(S(=O)(=O)c3ccccc3)CC2)cc1. The summed E-state index contributed by atoms with van der Waals surface area (Å²) in [6, 6.07) is 14.8. The van der Waals surface area contributed by atoms with Crippen LogP contribution in [0, 0.1) is 12.8 Å². The Balaban J connectivity index is 1.44. The van der Waals surface area contributed by atoms with Gasteiger partial charge in [0, 0.05) is 32.1 Å². The van der Waals surface area contributed by atoms with Crippen LogP contribution in [0.25, 0.3) is 0 Å². The molecule has 0 aromatic heterocycles. The van der Waals surface area contributed by atoms with Crippen molar-refractivity contribution in [1.82, 2.24) is 14.3 Å². The Morgan fingerprint density at radius 1 is 0.903 bits per heavy atom. The van der Waals surface area contributed by atoms with E-state index in [-0.39, 0.29) is 47.8 Å². The second kappa shape index (κ2) is 9.90. The number of sulfonamides is 2. The summed E-state index contributed by atoms with van der Waals surface area (Å²) in [5.41, 5.74) is 0.967. The van der Waals surface area contributed by atoms with Crippen LogP contribution in [0.1, 0.15) is 18.4 Å². The highest BCUT2D eigenvalue weighted by Gasteiger charge is 2.31. The molecule has 1 fully saturated rings. The third-order valence-corrected chi connectivity index (χ3v) is 8.64. The number of nitrogens with zero attached hydrogens (tertiary/aromatic N) is 1. The number of nitrogens with one attached hydrogen (secondary N) is 2. The van der Waals surface area contributed by atoms with E-state index in [1.54, 1.807) is 42.5 Å². The zero-order valence-corrected chi connectivity index (χ0v) is 19.0. The topological polar surface area (TPSA) is 113 Å². The van der Waals surface area contributed by atoms with Crippen LogP contribution >= 0.6 is 0 Å². The van der Waals surface area contributed by atoms with Crippen molar-refractivity contribution in [2.24, 2.45) is 5.92 Å². The zero-order chi connectivity index (χ0) is 22.5. The molecular formula is C21H27N3O5S2. The van der Waals surface area contributed by atoms with E-state index in [1.165, 1.54) is 16.4 Å². The maximum Gasteiger partial charge on any atom is 0.243 e. The van der Waals surface area contributed by atoms with Crippen LogP contribution in [0.3, 0.4) is 0 Å². The zero-order valence-electron chi connectivity index (χ0n) is 17.3. The Kier molecular flexibility index (Phi) is 7.47. The molecule has 0 atom stereocenters. The van der Waals surface area contributed by atoms with Gasteiger partial charge in [-0.15, -0.1) is 0 Å². The van der Waals surface area contributed by atoms with Gasteiger partial charge in [-0.3, -0.25) is 4.79 Å². The average molecular weight is 466 g/mol. The minimum absolute atomic E-state index is 0.0726. The smallest absolute Gasteiger partial charge is 0.243 e. The minimum Gasteiger partial charge on any atom is -0.355 e. The van der Waals surface area contributed by atoms with Gasteiger partial charge in [0.1, 0.15) is 0 Å². The number of carbonyl (C=O) groups is 1. The maximum absolute atomic E-state index is 12.7. The van der Waals surface area contributed by atoms with Crippen LogP contribution in [0.4, 0.5) is 0 Å². The summed E-state index contributed by atoms with van der Waals surface area (Å²) in [6.07, 6.45) is 0.847. The number of hydrogen-bond acceptors (Lipinski definition) is 5. The lowest BCUT2D eigenvalue weighted by molar-refractivity contribution is -0.126. The summed E-state index contributed by atoms with van der Waals surface area (Å²) in [5.74, 6) is -0.484. The van der Waals surface area contributed by atoms with Gasteiger partial charge in [-0.25, -0.2) is 21.6 Å². The second-order valence-electron chi connectivity index (χ2n) is 7.49. The fourth-order valence-corrected chi connectivity index (χ4v) is 5.94. The van der Waals surface area contributed by atoms with Gasteiger partial charge in [-0.05, 0) is 44.0 Å². The molecule has 3 rings (SSSR count). The van der Waals surface area contributed by atoms with Gasteiger partial charge in [0.2, 0.25) is 26.0 Å². The summed E-state index contributed by atoms with van der Waals surface area (Å²) >= 11 is 0. The highest BCUT2D eigenvalue weighted by Crippen LogP contribution is 2.23. The lowest BCUT2D eigenvalue weighted by Crippen LogP contribution is -2.44. The van der Waals surface area contributed by atoms with Crippen LogP contribution in [0.15, 0.2) is 64.4 Å². The fraction of sp³-hybridized carbons (Fsp3) is 0.381. The molecule has 1 heterocycles. The van der Waals surface area contributed by atoms with Crippen LogP contribution in [-0.4, -0.2) is 53.2 Å². The summed E-state index contributed by atoms with van der Waals surface area (Å²) in [5, 5.41) is 2.74. The molecule has 1 amide bonds. The highest BCUT2D eigenvalue weighted by molar-refractivity contribution is 7.89. The first kappa shape index (κ1) is 23.4. The van der Waals surface area contributed by atoms with E-state index >= 15 is 0 Å². The molecule has 10 heteroatoms. The van der Waals surface area contributed by atoms with E-state index < -0.39 is 20.0 Å². The van der Waals surface area contributed by atoms with Crippen molar-refractivity contribution < 1.29 is 21.6 Å². The monoisotopic (exact) mass is 465 g/mol. The van der Waals surface area contributed by atoms with E-state index in [0.717, 1.165) is 5.56 Å². The molecule has 0 saturated carbocycles. The van der Waals surface area contributed by atoms with E-state index in [2.05, 4.69) is 10.0 Å². The van der Waals surface area contributed by atoms with Crippen molar-refractivity contribution >= 4 is 26.0 Å². The summed E-state index contributed by atoms with van der Waals surface area (Å²) in [7, 11) is -7.18. The lowest BCUT2D eigenvalue weighted by Gasteiger charge is -2.30. The standard InChI is InChI=1S/C21H27N3O5S2/c1-17-7-9-19(10-8-17)30(26,27)23-14-13-22-21(25)18-11-15-24(16-12-18)31(28,29)20-5-3-2-4-6-20/h2-10,18,23H,11-16H2,1H3,(H,22,25). The fourth-order valence-electron chi connectivity index (χ4n) is 3.42. The summed E-state index contributed by atoms with van der Waals surface area (Å²) in [4.78, 5) is 12.8. The molecule has 1 aliphatic heterocycles. The molecule has 0 unspecified atom stereocenters. The van der Waals surface area contributed by atoms with Crippen molar-refractivity contribution in [2.75, 3.05) is 26.2 Å². The first-order valence-corrected chi connectivity index (χ1v) is 13.0. The van der Waals surface area contributed by atoms with Gasteiger partial charge in [0.25, 0.3) is 0 Å². The predicted octanol–water partition coefficient (Wildman–Crippen LogP) is 1.49. The molecule has 168 valence electrons. The van der Waals surface area contributed by atoms with Gasteiger partial charge < -0.3 is 5.32 Å². The molecule has 2 aromatic carbocycles. The Morgan fingerprint density at radius 3 is 2.13 bits per heavy atom. The van der Waals surface area contributed by atoms with Crippen LogP contribution < -0.4 is 10.0 Å². The second-order valence-corrected chi connectivity index (χ2v) is 11.2. The number of benzene rings is 2. The highest BCUT2D eigenvalue weighted by atomic mass is 32.2. The molecule has 0 aliphatic carbocycles. The normalized spacial score (nSPS) is 16.2. The number of amides is 1. The summed E-state index contributed by atoms with van der Waals surface area (Å²) < 4.78 is 53.7. The van der Waals surface area contributed by atoms with Crippen LogP contribution in [0.5, 0.6) is 0 Å². The van der Waals surface area contributed by atoms with Gasteiger partial charge >= 0.3 is 0 Å². The Bertz CT molecular complexity index is 1090. The lowest BCUT2D eigenvalue weighted by atomic mass is 9.97. The van der Waals surface area contributed by atoms with Crippen molar-refractivity contribution in [2.45, 2.75) is 29.6 Å². The largest absolute Gasteiger partial charge is 0.355 e. The van der Waals surface area contributed by atoms with E-state index in [1.807, 2.05) is 6.92 Å². The molecule has 0 spiro atoms. The molecule has 31 heavy (non-hydrogen) atoms. The molecule has 8 nitrogen and oxygen atoms in total. The number of aryl methyl sites for hydroxylation is 1. The van der Waals surface area contributed by atoms with Gasteiger partial charge in [-0.2, -0.15) is 4.31 Å². The van der Waals surface area contributed by atoms with Crippen molar-refractivity contribution in [3.63, 3.8) is 0 Å².